The van der Waals surface area contributed by atoms with Gasteiger partial charge in [0, 0.05) is 43.6 Å². The molecule has 0 bridgehead atoms. The van der Waals surface area contributed by atoms with Crippen LogP contribution in [0.5, 0.6) is 11.5 Å². The van der Waals surface area contributed by atoms with Crippen LogP contribution in [0.4, 0.5) is 18.9 Å². The largest absolute Gasteiger partial charge is 0.534 e. The van der Waals surface area contributed by atoms with Gasteiger partial charge in [-0.15, -0.1) is 0 Å². The molecular weight excluding hydrogens is 712 g/mol. The van der Waals surface area contributed by atoms with Gasteiger partial charge in [-0.05, 0) is 84.3 Å². The second-order valence-corrected chi connectivity index (χ2v) is 15.1. The van der Waals surface area contributed by atoms with Crippen molar-refractivity contribution in [3.8, 4) is 28.9 Å². The van der Waals surface area contributed by atoms with Crippen molar-refractivity contribution in [1.82, 2.24) is 13.9 Å². The second kappa shape index (κ2) is 13.8. The van der Waals surface area contributed by atoms with Gasteiger partial charge in [0.1, 0.15) is 23.3 Å². The number of benzene rings is 3. The number of hydrogen-bond acceptors (Lipinski definition) is 10. The van der Waals surface area contributed by atoms with Crippen LogP contribution in [0.15, 0.2) is 101 Å². The van der Waals surface area contributed by atoms with Crippen LogP contribution < -0.4 is 13.8 Å². The Morgan fingerprint density at radius 1 is 0.980 bits per heavy atom. The number of aromatic nitrogens is 2. The molecule has 17 heteroatoms. The molecule has 266 valence electrons. The van der Waals surface area contributed by atoms with Crippen molar-refractivity contribution < 1.29 is 43.3 Å². The van der Waals surface area contributed by atoms with E-state index in [9.17, 15) is 35.3 Å². The molecule has 0 aliphatic carbocycles. The molecule has 0 saturated heterocycles. The van der Waals surface area contributed by atoms with Gasteiger partial charge in [0.2, 0.25) is 15.8 Å². The van der Waals surface area contributed by atoms with Crippen molar-refractivity contribution in [3.05, 3.63) is 114 Å². The summed E-state index contributed by atoms with van der Waals surface area (Å²) in [7, 11) is -6.78. The fourth-order valence-corrected chi connectivity index (χ4v) is 7.86. The SMILES string of the molecule is COc1ccc(S(=O)(=O)N2Cc3cc(-c4ccc(C#N)o4)ccc3N(Cc3cncn3C)C[C@H]2Cc2ccc(OS(=O)(=O)C(F)(F)F)cc2)cc1. The molecule has 6 rings (SSSR count). The van der Waals surface area contributed by atoms with Crippen LogP contribution in [-0.4, -0.2) is 55.9 Å². The lowest BCUT2D eigenvalue weighted by Crippen LogP contribution is -2.45. The Balaban J connectivity index is 1.43. The lowest BCUT2D eigenvalue weighted by atomic mass is 10.1. The van der Waals surface area contributed by atoms with Crippen LogP contribution in [0.1, 0.15) is 22.6 Å². The Hall–Kier alpha value is -5.31. The average molecular weight is 742 g/mol. The van der Waals surface area contributed by atoms with E-state index < -0.39 is 37.4 Å². The average Bonchev–Trinajstić information content (AvgIpc) is 3.72. The van der Waals surface area contributed by atoms with Crippen molar-refractivity contribution >= 4 is 25.8 Å². The minimum atomic E-state index is -5.88. The number of nitriles is 1. The third kappa shape index (κ3) is 7.43. The first-order valence-electron chi connectivity index (χ1n) is 15.3. The van der Waals surface area contributed by atoms with Gasteiger partial charge < -0.3 is 22.8 Å². The molecule has 0 amide bonds. The molecule has 3 aromatic carbocycles. The first kappa shape index (κ1) is 35.5. The molecule has 0 fully saturated rings. The molecule has 12 nitrogen and oxygen atoms in total. The lowest BCUT2D eigenvalue weighted by molar-refractivity contribution is -0.0500. The molecule has 1 atom stereocenters. The van der Waals surface area contributed by atoms with Crippen LogP contribution in [0.3, 0.4) is 0 Å². The van der Waals surface area contributed by atoms with Crippen molar-refractivity contribution in [1.29, 1.82) is 5.26 Å². The molecule has 0 saturated carbocycles. The number of hydrogen-bond donors (Lipinski definition) is 0. The number of anilines is 1. The molecule has 51 heavy (non-hydrogen) atoms. The number of ether oxygens (including phenoxy) is 1. The maximum absolute atomic E-state index is 14.5. The zero-order valence-electron chi connectivity index (χ0n) is 27.1. The van der Waals surface area contributed by atoms with Crippen molar-refractivity contribution in [2.24, 2.45) is 7.05 Å². The standard InChI is InChI=1S/C34H30F3N5O7S2/c1-40-22-39-18-27(40)21-41-20-26(15-23-3-6-29(7-4-23)49-51(45,46)34(35,36)37)42(50(43,44)31-11-8-28(47-2)9-12-31)19-25-16-24(5-13-32(25)41)33-14-10-30(17-38)48-33/h3-14,16,18,22,26H,15,19-21H2,1-2H3/t26-/m1/s1. The Morgan fingerprint density at radius 2 is 1.69 bits per heavy atom. The number of rotatable bonds is 10. The van der Waals surface area contributed by atoms with Gasteiger partial charge in [-0.2, -0.15) is 31.2 Å². The summed E-state index contributed by atoms with van der Waals surface area (Å²) in [6, 6.07) is 20.9. The monoisotopic (exact) mass is 741 g/mol. The predicted molar refractivity (Wildman–Crippen MR) is 178 cm³/mol. The highest BCUT2D eigenvalue weighted by Crippen LogP contribution is 2.37. The molecular formula is C34H30F3N5O7S2. The van der Waals surface area contributed by atoms with Gasteiger partial charge >= 0.3 is 15.6 Å². The highest BCUT2D eigenvalue weighted by Gasteiger charge is 2.48. The maximum Gasteiger partial charge on any atom is 0.534 e. The Kier molecular flexibility index (Phi) is 9.59. The van der Waals surface area contributed by atoms with Gasteiger partial charge in [-0.25, -0.2) is 13.4 Å². The molecule has 5 aromatic rings. The zero-order valence-corrected chi connectivity index (χ0v) is 28.7. The van der Waals surface area contributed by atoms with Gasteiger partial charge in [-0.1, -0.05) is 12.1 Å². The third-order valence-corrected chi connectivity index (χ3v) is 11.3. The fourth-order valence-electron chi connectivity index (χ4n) is 5.81. The molecule has 0 unspecified atom stereocenters. The number of methoxy groups -OCH3 is 1. The highest BCUT2D eigenvalue weighted by molar-refractivity contribution is 7.89. The number of imidazole rings is 1. The third-order valence-electron chi connectivity index (χ3n) is 8.40. The summed E-state index contributed by atoms with van der Waals surface area (Å²) in [6.45, 7) is 0.436. The van der Waals surface area contributed by atoms with Gasteiger partial charge in [-0.3, -0.25) is 0 Å². The number of fused-ring (bicyclic) bond motifs is 1. The van der Waals surface area contributed by atoms with Crippen LogP contribution in [-0.2, 0) is 46.7 Å². The zero-order chi connectivity index (χ0) is 36.6. The van der Waals surface area contributed by atoms with E-state index in [1.807, 2.05) is 40.8 Å². The smallest absolute Gasteiger partial charge is 0.497 e. The van der Waals surface area contributed by atoms with E-state index >= 15 is 0 Å². The molecule has 1 aliphatic heterocycles. The van der Waals surface area contributed by atoms with Crippen LogP contribution in [0.25, 0.3) is 11.3 Å². The Morgan fingerprint density at radius 3 is 2.29 bits per heavy atom. The minimum Gasteiger partial charge on any atom is -0.497 e. The maximum atomic E-state index is 14.5. The van der Waals surface area contributed by atoms with Gasteiger partial charge in [0.15, 0.2) is 0 Å². The molecule has 0 radical (unpaired) electrons. The second-order valence-electron chi connectivity index (χ2n) is 11.7. The normalized spacial score (nSPS) is 15.5. The first-order chi connectivity index (χ1) is 24.2. The summed E-state index contributed by atoms with van der Waals surface area (Å²) in [5.74, 6) is 0.459. The number of furan rings is 1. The summed E-state index contributed by atoms with van der Waals surface area (Å²) < 4.78 is 109. The first-order valence-corrected chi connectivity index (χ1v) is 18.1. The number of aryl methyl sites for hydroxylation is 1. The Labute approximate surface area is 292 Å². The lowest BCUT2D eigenvalue weighted by Gasteiger charge is -2.32. The van der Waals surface area contributed by atoms with E-state index in [0.29, 0.717) is 34.7 Å². The Bertz CT molecular complexity index is 2300. The van der Waals surface area contributed by atoms with Crippen LogP contribution >= 0.6 is 0 Å². The van der Waals surface area contributed by atoms with Crippen molar-refractivity contribution in [2.45, 2.75) is 36.0 Å². The summed E-state index contributed by atoms with van der Waals surface area (Å²) >= 11 is 0. The minimum absolute atomic E-state index is 0.0110. The topological polar surface area (TPSA) is 148 Å². The summed E-state index contributed by atoms with van der Waals surface area (Å²) in [5, 5.41) is 9.30. The molecule has 2 aromatic heterocycles. The number of alkyl halides is 3. The van der Waals surface area contributed by atoms with Crippen LogP contribution in [0.2, 0.25) is 0 Å². The summed E-state index contributed by atoms with van der Waals surface area (Å²) in [6.07, 6.45) is 3.45. The van der Waals surface area contributed by atoms with E-state index in [1.54, 1.807) is 24.7 Å². The molecule has 0 N–H and O–H groups in total. The van der Waals surface area contributed by atoms with E-state index in [2.05, 4.69) is 9.17 Å². The van der Waals surface area contributed by atoms with E-state index in [1.165, 1.54) is 47.8 Å². The van der Waals surface area contributed by atoms with Gasteiger partial charge in [0.25, 0.3) is 0 Å². The predicted octanol–water partition coefficient (Wildman–Crippen LogP) is 5.61. The number of halogens is 3. The van der Waals surface area contributed by atoms with Crippen LogP contribution in [0, 0.1) is 11.3 Å². The van der Waals surface area contributed by atoms with E-state index in [0.717, 1.165) is 23.5 Å². The van der Waals surface area contributed by atoms with Gasteiger partial charge in [0.05, 0.1) is 30.6 Å². The molecule has 3 heterocycles. The number of nitrogens with zero attached hydrogens (tertiary/aromatic N) is 5. The summed E-state index contributed by atoms with van der Waals surface area (Å²) in [5.41, 5.74) is -2.24. The van der Waals surface area contributed by atoms with Crippen molar-refractivity contribution in [2.75, 3.05) is 18.6 Å². The van der Waals surface area contributed by atoms with E-state index in [4.69, 9.17) is 9.15 Å². The van der Waals surface area contributed by atoms with E-state index in [-0.39, 0.29) is 30.2 Å². The summed E-state index contributed by atoms with van der Waals surface area (Å²) in [4.78, 5) is 6.27. The number of sulfonamides is 1. The highest BCUT2D eigenvalue weighted by atomic mass is 32.2. The fraction of sp³-hybridized carbons (Fsp3) is 0.235. The molecule has 1 aliphatic rings. The molecule has 0 spiro atoms. The quantitative estimate of drug-likeness (QED) is 0.131. The van der Waals surface area contributed by atoms with Crippen molar-refractivity contribution in [3.63, 3.8) is 0 Å².